The van der Waals surface area contributed by atoms with Crippen molar-refractivity contribution in [1.82, 2.24) is 0 Å². The minimum atomic E-state index is -0.651. The van der Waals surface area contributed by atoms with Crippen LogP contribution >= 0.6 is 0 Å². The van der Waals surface area contributed by atoms with Crippen LogP contribution in [0.1, 0.15) is 20.3 Å². The van der Waals surface area contributed by atoms with Crippen LogP contribution in [0.3, 0.4) is 0 Å². The van der Waals surface area contributed by atoms with Gasteiger partial charge in [0.2, 0.25) is 0 Å². The second kappa shape index (κ2) is 5.07. The molecule has 0 saturated carbocycles. The van der Waals surface area contributed by atoms with Crippen LogP contribution in [0.2, 0.25) is 0 Å². The third-order valence-corrected chi connectivity index (χ3v) is 2.23. The van der Waals surface area contributed by atoms with Crippen molar-refractivity contribution in [2.45, 2.75) is 32.4 Å². The first-order valence-electron chi connectivity index (χ1n) is 4.91. The minimum absolute atomic E-state index is 0.142. The highest BCUT2D eigenvalue weighted by molar-refractivity contribution is 5.24. The lowest BCUT2D eigenvalue weighted by Crippen LogP contribution is -2.35. The number of ether oxygens (including phenoxy) is 1. The predicted octanol–water partition coefficient (Wildman–Crippen LogP) is 2.47. The van der Waals surface area contributed by atoms with E-state index in [1.165, 1.54) is 0 Å². The number of nitrogens with two attached hydrogens (primary N) is 1. The standard InChI is InChI=1S/C11H15F2NO/c1-3-11(14)7(2)15-10-5-8(12)4-9(13)6-10/h4-7,11H,3,14H2,1-2H3. The molecular weight excluding hydrogens is 200 g/mol. The Morgan fingerprint density at radius 2 is 1.80 bits per heavy atom. The first-order chi connectivity index (χ1) is 7.02. The van der Waals surface area contributed by atoms with Gasteiger partial charge in [-0.2, -0.15) is 0 Å². The van der Waals surface area contributed by atoms with Crippen LogP contribution in [-0.2, 0) is 0 Å². The first kappa shape index (κ1) is 11.9. The molecule has 2 N–H and O–H groups in total. The van der Waals surface area contributed by atoms with Crippen LogP contribution in [-0.4, -0.2) is 12.1 Å². The second-order valence-corrected chi connectivity index (χ2v) is 3.50. The van der Waals surface area contributed by atoms with Gasteiger partial charge in [-0.1, -0.05) is 6.92 Å². The molecule has 1 aromatic carbocycles. The molecule has 0 spiro atoms. The quantitative estimate of drug-likeness (QED) is 0.837. The summed E-state index contributed by atoms with van der Waals surface area (Å²) in [6.07, 6.45) is 0.482. The lowest BCUT2D eigenvalue weighted by molar-refractivity contribution is 0.186. The molecule has 1 aromatic rings. The molecule has 84 valence electrons. The molecule has 15 heavy (non-hydrogen) atoms. The molecule has 2 unspecified atom stereocenters. The van der Waals surface area contributed by atoms with E-state index in [2.05, 4.69) is 0 Å². The molecular formula is C11H15F2NO. The largest absolute Gasteiger partial charge is 0.489 e. The van der Waals surface area contributed by atoms with Crippen LogP contribution in [0.25, 0.3) is 0 Å². The summed E-state index contributed by atoms with van der Waals surface area (Å²) in [5.74, 6) is -1.13. The van der Waals surface area contributed by atoms with Gasteiger partial charge >= 0.3 is 0 Å². The van der Waals surface area contributed by atoms with Gasteiger partial charge in [0.15, 0.2) is 0 Å². The first-order valence-corrected chi connectivity index (χ1v) is 4.91. The van der Waals surface area contributed by atoms with Crippen molar-refractivity contribution in [2.24, 2.45) is 5.73 Å². The highest BCUT2D eigenvalue weighted by atomic mass is 19.1. The normalized spacial score (nSPS) is 14.7. The summed E-state index contributed by atoms with van der Waals surface area (Å²) in [6, 6.07) is 2.94. The zero-order chi connectivity index (χ0) is 11.4. The van der Waals surface area contributed by atoms with E-state index in [0.29, 0.717) is 0 Å². The van der Waals surface area contributed by atoms with Crippen molar-refractivity contribution in [3.63, 3.8) is 0 Å². The lowest BCUT2D eigenvalue weighted by atomic mass is 10.1. The molecule has 0 fully saturated rings. The fourth-order valence-electron chi connectivity index (χ4n) is 1.23. The molecule has 0 bridgehead atoms. The summed E-state index contributed by atoms with van der Waals surface area (Å²) in [4.78, 5) is 0. The molecule has 0 aromatic heterocycles. The monoisotopic (exact) mass is 215 g/mol. The van der Waals surface area contributed by atoms with Crippen LogP contribution in [0.5, 0.6) is 5.75 Å². The summed E-state index contributed by atoms with van der Waals surface area (Å²) in [5.41, 5.74) is 5.73. The number of halogens is 2. The number of hydrogen-bond donors (Lipinski definition) is 1. The average molecular weight is 215 g/mol. The van der Waals surface area contributed by atoms with Crippen molar-refractivity contribution in [2.75, 3.05) is 0 Å². The fourth-order valence-corrected chi connectivity index (χ4v) is 1.23. The van der Waals surface area contributed by atoms with E-state index >= 15 is 0 Å². The van der Waals surface area contributed by atoms with Gasteiger partial charge in [-0.15, -0.1) is 0 Å². The van der Waals surface area contributed by atoms with Crippen LogP contribution in [0, 0.1) is 11.6 Å². The van der Waals surface area contributed by atoms with Crippen LogP contribution < -0.4 is 10.5 Å². The highest BCUT2D eigenvalue weighted by Crippen LogP contribution is 2.17. The van der Waals surface area contributed by atoms with Crippen molar-refractivity contribution >= 4 is 0 Å². The Hall–Kier alpha value is -1.16. The molecule has 0 heterocycles. The summed E-state index contributed by atoms with van der Waals surface area (Å²) in [7, 11) is 0. The number of benzene rings is 1. The maximum absolute atomic E-state index is 12.8. The minimum Gasteiger partial charge on any atom is -0.489 e. The SMILES string of the molecule is CCC(N)C(C)Oc1cc(F)cc(F)c1. The molecule has 2 nitrogen and oxygen atoms in total. The van der Waals surface area contributed by atoms with E-state index in [1.54, 1.807) is 6.92 Å². The van der Waals surface area contributed by atoms with Gasteiger partial charge in [-0.05, 0) is 13.3 Å². The van der Waals surface area contributed by atoms with E-state index in [1.807, 2.05) is 6.92 Å². The summed E-state index contributed by atoms with van der Waals surface area (Å²) in [5, 5.41) is 0. The lowest BCUT2D eigenvalue weighted by Gasteiger charge is -2.20. The third kappa shape index (κ3) is 3.47. The summed E-state index contributed by atoms with van der Waals surface area (Å²) >= 11 is 0. The Balaban J connectivity index is 2.72. The molecule has 0 aliphatic rings. The topological polar surface area (TPSA) is 35.2 Å². The van der Waals surface area contributed by atoms with Gasteiger partial charge in [0.05, 0.1) is 0 Å². The van der Waals surface area contributed by atoms with E-state index < -0.39 is 11.6 Å². The van der Waals surface area contributed by atoms with E-state index in [9.17, 15) is 8.78 Å². The van der Waals surface area contributed by atoms with Gasteiger partial charge in [0.25, 0.3) is 0 Å². The smallest absolute Gasteiger partial charge is 0.129 e. The molecule has 1 rings (SSSR count). The van der Waals surface area contributed by atoms with Crippen molar-refractivity contribution < 1.29 is 13.5 Å². The van der Waals surface area contributed by atoms with E-state index in [4.69, 9.17) is 10.5 Å². The van der Waals surface area contributed by atoms with Gasteiger partial charge in [0.1, 0.15) is 23.5 Å². The van der Waals surface area contributed by atoms with Crippen molar-refractivity contribution in [3.05, 3.63) is 29.8 Å². The molecule has 0 saturated heterocycles. The molecule has 0 amide bonds. The van der Waals surface area contributed by atoms with Gasteiger partial charge in [-0.25, -0.2) is 8.78 Å². The summed E-state index contributed by atoms with van der Waals surface area (Å²) in [6.45, 7) is 3.70. The maximum Gasteiger partial charge on any atom is 0.129 e. The summed E-state index contributed by atoms with van der Waals surface area (Å²) < 4.78 is 30.9. The number of hydrogen-bond acceptors (Lipinski definition) is 2. The van der Waals surface area contributed by atoms with Crippen LogP contribution in [0.15, 0.2) is 18.2 Å². The van der Waals surface area contributed by atoms with Crippen molar-refractivity contribution in [3.8, 4) is 5.75 Å². The van der Waals surface area contributed by atoms with Gasteiger partial charge < -0.3 is 10.5 Å². The van der Waals surface area contributed by atoms with Crippen molar-refractivity contribution in [1.29, 1.82) is 0 Å². The van der Waals surface area contributed by atoms with Gasteiger partial charge in [-0.3, -0.25) is 0 Å². The van der Waals surface area contributed by atoms with E-state index in [-0.39, 0.29) is 17.9 Å². The zero-order valence-corrected chi connectivity index (χ0v) is 8.84. The van der Waals surface area contributed by atoms with Crippen LogP contribution in [0.4, 0.5) is 8.78 Å². The molecule has 2 atom stereocenters. The average Bonchev–Trinajstić information content (AvgIpc) is 2.14. The Morgan fingerprint density at radius 1 is 1.27 bits per heavy atom. The Labute approximate surface area is 88.0 Å². The van der Waals surface area contributed by atoms with E-state index in [0.717, 1.165) is 24.6 Å². The molecule has 0 aliphatic carbocycles. The third-order valence-electron chi connectivity index (χ3n) is 2.23. The molecule has 4 heteroatoms. The Morgan fingerprint density at radius 3 is 2.27 bits per heavy atom. The second-order valence-electron chi connectivity index (χ2n) is 3.50. The highest BCUT2D eigenvalue weighted by Gasteiger charge is 2.13. The molecule has 0 aliphatic heterocycles. The molecule has 0 radical (unpaired) electrons. The van der Waals surface area contributed by atoms with Gasteiger partial charge in [0, 0.05) is 24.2 Å². The number of rotatable bonds is 4. The Kier molecular flexibility index (Phi) is 4.03. The fraction of sp³-hybridized carbons (Fsp3) is 0.455. The Bertz CT molecular complexity index is 310. The zero-order valence-electron chi connectivity index (χ0n) is 8.84. The maximum atomic E-state index is 12.8. The predicted molar refractivity (Wildman–Crippen MR) is 54.7 cm³/mol.